The van der Waals surface area contributed by atoms with Gasteiger partial charge in [0.2, 0.25) is 5.95 Å². The quantitative estimate of drug-likeness (QED) is 0.885. The van der Waals surface area contributed by atoms with Crippen LogP contribution in [0.25, 0.3) is 0 Å². The number of hydrogen-bond donors (Lipinski definition) is 1. The summed E-state index contributed by atoms with van der Waals surface area (Å²) in [5.41, 5.74) is 0. The second-order valence-corrected chi connectivity index (χ2v) is 6.02. The summed E-state index contributed by atoms with van der Waals surface area (Å²) in [7, 11) is 0. The van der Waals surface area contributed by atoms with Gasteiger partial charge >= 0.3 is 0 Å². The summed E-state index contributed by atoms with van der Waals surface area (Å²) in [6.07, 6.45) is 5.53. The van der Waals surface area contributed by atoms with Gasteiger partial charge in [-0.25, -0.2) is 4.98 Å². The zero-order chi connectivity index (χ0) is 13.7. The molecule has 1 aliphatic rings. The maximum Gasteiger partial charge on any atom is 0.224 e. The Morgan fingerprint density at radius 3 is 2.79 bits per heavy atom. The summed E-state index contributed by atoms with van der Waals surface area (Å²) in [5.74, 6) is 3.38. The molecule has 0 unspecified atom stereocenters. The van der Waals surface area contributed by atoms with Gasteiger partial charge in [0.1, 0.15) is 5.82 Å². The number of piperidine rings is 1. The number of aromatic nitrogens is 2. The Morgan fingerprint density at radius 1 is 1.37 bits per heavy atom. The van der Waals surface area contributed by atoms with Crippen LogP contribution in [-0.4, -0.2) is 29.6 Å². The highest BCUT2D eigenvalue weighted by Gasteiger charge is 2.17. The number of anilines is 2. The molecule has 2 rings (SSSR count). The molecule has 106 valence electrons. The number of nitrogens with zero attached hydrogens (tertiary/aromatic N) is 3. The molecule has 19 heavy (non-hydrogen) atoms. The summed E-state index contributed by atoms with van der Waals surface area (Å²) >= 11 is 0. The summed E-state index contributed by atoms with van der Waals surface area (Å²) in [4.78, 5) is 11.3. The molecule has 0 spiro atoms. The predicted molar refractivity (Wildman–Crippen MR) is 80.6 cm³/mol. The Labute approximate surface area is 116 Å². The van der Waals surface area contributed by atoms with Crippen LogP contribution in [0.2, 0.25) is 0 Å². The Bertz CT molecular complexity index is 383. The first-order chi connectivity index (χ1) is 9.15. The van der Waals surface area contributed by atoms with Gasteiger partial charge in [0.25, 0.3) is 0 Å². The van der Waals surface area contributed by atoms with Crippen LogP contribution in [0, 0.1) is 11.8 Å². The van der Waals surface area contributed by atoms with Crippen molar-refractivity contribution in [2.45, 2.75) is 40.0 Å². The molecule has 4 heteroatoms. The van der Waals surface area contributed by atoms with E-state index < -0.39 is 0 Å². The Balaban J connectivity index is 1.91. The Kier molecular flexibility index (Phi) is 5.00. The second kappa shape index (κ2) is 6.73. The molecule has 0 aromatic carbocycles. The van der Waals surface area contributed by atoms with Crippen LogP contribution >= 0.6 is 0 Å². The molecule has 0 atom stereocenters. The molecule has 0 saturated carbocycles. The van der Waals surface area contributed by atoms with Crippen LogP contribution in [-0.2, 0) is 0 Å². The zero-order valence-electron chi connectivity index (χ0n) is 12.4. The minimum Gasteiger partial charge on any atom is -0.356 e. The van der Waals surface area contributed by atoms with Gasteiger partial charge in [-0.1, -0.05) is 20.8 Å². The van der Waals surface area contributed by atoms with E-state index in [4.69, 9.17) is 0 Å². The molecule has 2 heterocycles. The van der Waals surface area contributed by atoms with Gasteiger partial charge in [-0.2, -0.15) is 4.98 Å². The van der Waals surface area contributed by atoms with Crippen molar-refractivity contribution in [1.29, 1.82) is 0 Å². The predicted octanol–water partition coefficient (Wildman–Crippen LogP) is 3.17. The fraction of sp³-hybridized carbons (Fsp3) is 0.733. The lowest BCUT2D eigenvalue weighted by Crippen LogP contribution is -2.33. The lowest BCUT2D eigenvalue weighted by molar-refractivity contribution is 0.436. The van der Waals surface area contributed by atoms with E-state index in [2.05, 4.69) is 41.0 Å². The van der Waals surface area contributed by atoms with Gasteiger partial charge in [-0.05, 0) is 37.2 Å². The topological polar surface area (TPSA) is 41.1 Å². The average molecular weight is 262 g/mol. The molecule has 1 aromatic rings. The minimum atomic E-state index is 0.708. The van der Waals surface area contributed by atoms with Crippen molar-refractivity contribution in [1.82, 2.24) is 9.97 Å². The van der Waals surface area contributed by atoms with Crippen LogP contribution in [0.1, 0.15) is 40.0 Å². The van der Waals surface area contributed by atoms with E-state index in [-0.39, 0.29) is 0 Å². The van der Waals surface area contributed by atoms with Crippen molar-refractivity contribution >= 4 is 11.8 Å². The summed E-state index contributed by atoms with van der Waals surface area (Å²) in [5, 5.41) is 3.32. The second-order valence-electron chi connectivity index (χ2n) is 6.02. The number of hydrogen-bond acceptors (Lipinski definition) is 4. The van der Waals surface area contributed by atoms with Crippen LogP contribution in [0.3, 0.4) is 0 Å². The lowest BCUT2D eigenvalue weighted by Gasteiger charge is -2.31. The summed E-state index contributed by atoms with van der Waals surface area (Å²) < 4.78 is 0. The van der Waals surface area contributed by atoms with Gasteiger partial charge in [0.15, 0.2) is 0 Å². The third-order valence-electron chi connectivity index (χ3n) is 3.75. The first-order valence-corrected chi connectivity index (χ1v) is 7.47. The molecular weight excluding hydrogens is 236 g/mol. The van der Waals surface area contributed by atoms with Gasteiger partial charge in [-0.15, -0.1) is 0 Å². The lowest BCUT2D eigenvalue weighted by atomic mass is 9.99. The molecule has 0 radical (unpaired) electrons. The normalized spacial score (nSPS) is 16.9. The molecule has 1 N–H and O–H groups in total. The minimum absolute atomic E-state index is 0.708. The average Bonchev–Trinajstić information content (AvgIpc) is 2.39. The summed E-state index contributed by atoms with van der Waals surface area (Å²) in [6.45, 7) is 9.96. The fourth-order valence-corrected chi connectivity index (χ4v) is 2.32. The first-order valence-electron chi connectivity index (χ1n) is 7.47. The van der Waals surface area contributed by atoms with Gasteiger partial charge in [0, 0.05) is 25.8 Å². The van der Waals surface area contributed by atoms with Gasteiger partial charge in [0.05, 0.1) is 0 Å². The first kappa shape index (κ1) is 14.1. The molecule has 4 nitrogen and oxygen atoms in total. The third-order valence-corrected chi connectivity index (χ3v) is 3.75. The van der Waals surface area contributed by atoms with Crippen molar-refractivity contribution in [3.05, 3.63) is 12.3 Å². The molecule has 0 amide bonds. The van der Waals surface area contributed by atoms with Crippen molar-refractivity contribution in [2.75, 3.05) is 29.9 Å². The van der Waals surface area contributed by atoms with Crippen molar-refractivity contribution in [3.63, 3.8) is 0 Å². The standard InChI is InChI=1S/C15H26N4/c1-12(2)4-8-16-15-17-9-5-14(18-15)19-10-6-13(3)7-11-19/h5,9,12-13H,4,6-8,10-11H2,1-3H3,(H,16,17,18). The zero-order valence-corrected chi connectivity index (χ0v) is 12.4. The van der Waals surface area contributed by atoms with Gasteiger partial charge < -0.3 is 10.2 Å². The SMILES string of the molecule is CC(C)CCNc1nccc(N2CCC(C)CC2)n1. The monoisotopic (exact) mass is 262 g/mol. The Morgan fingerprint density at radius 2 is 2.11 bits per heavy atom. The Hall–Kier alpha value is -1.32. The van der Waals surface area contributed by atoms with Crippen LogP contribution in [0.4, 0.5) is 11.8 Å². The highest BCUT2D eigenvalue weighted by molar-refractivity contribution is 5.42. The van der Waals surface area contributed by atoms with Gasteiger partial charge in [-0.3, -0.25) is 0 Å². The molecule has 1 saturated heterocycles. The highest BCUT2D eigenvalue weighted by Crippen LogP contribution is 2.21. The van der Waals surface area contributed by atoms with Crippen LogP contribution in [0.15, 0.2) is 12.3 Å². The van der Waals surface area contributed by atoms with Crippen LogP contribution in [0.5, 0.6) is 0 Å². The maximum atomic E-state index is 4.62. The molecule has 0 bridgehead atoms. The highest BCUT2D eigenvalue weighted by atomic mass is 15.2. The third kappa shape index (κ3) is 4.37. The van der Waals surface area contributed by atoms with E-state index in [0.29, 0.717) is 5.92 Å². The van der Waals surface area contributed by atoms with E-state index in [1.807, 2.05) is 12.3 Å². The molecule has 1 aliphatic heterocycles. The largest absolute Gasteiger partial charge is 0.356 e. The fourth-order valence-electron chi connectivity index (χ4n) is 2.32. The van der Waals surface area contributed by atoms with Crippen molar-refractivity contribution in [2.24, 2.45) is 11.8 Å². The summed E-state index contributed by atoms with van der Waals surface area (Å²) in [6, 6.07) is 2.02. The van der Waals surface area contributed by atoms with E-state index in [1.165, 1.54) is 12.8 Å². The number of nitrogens with one attached hydrogen (secondary N) is 1. The molecule has 1 fully saturated rings. The van der Waals surface area contributed by atoms with E-state index >= 15 is 0 Å². The smallest absolute Gasteiger partial charge is 0.224 e. The molecule has 0 aliphatic carbocycles. The molecule has 1 aromatic heterocycles. The van der Waals surface area contributed by atoms with E-state index in [9.17, 15) is 0 Å². The van der Waals surface area contributed by atoms with Crippen LogP contribution < -0.4 is 10.2 Å². The number of rotatable bonds is 5. The van der Waals surface area contributed by atoms with Crippen molar-refractivity contribution < 1.29 is 0 Å². The van der Waals surface area contributed by atoms with Crippen molar-refractivity contribution in [3.8, 4) is 0 Å². The molecular formula is C15H26N4. The van der Waals surface area contributed by atoms with E-state index in [0.717, 1.165) is 43.7 Å². The maximum absolute atomic E-state index is 4.62. The van der Waals surface area contributed by atoms with E-state index in [1.54, 1.807) is 0 Å².